The lowest BCUT2D eigenvalue weighted by Gasteiger charge is -2.43. The van der Waals surface area contributed by atoms with Crippen LogP contribution in [0.25, 0.3) is 54.3 Å². The van der Waals surface area contributed by atoms with E-state index in [4.69, 9.17) is 4.42 Å². The minimum absolute atomic E-state index is 0.0415. The Morgan fingerprint density at radius 1 is 0.545 bits per heavy atom. The van der Waals surface area contributed by atoms with E-state index in [9.17, 15) is 0 Å². The van der Waals surface area contributed by atoms with E-state index in [1.165, 1.54) is 59.5 Å². The molecule has 0 atom stereocenters. The van der Waals surface area contributed by atoms with Crippen molar-refractivity contribution in [2.24, 2.45) is 0 Å². The number of nitrogens with zero attached hydrogens (tertiary/aromatic N) is 1. The molecule has 0 saturated carbocycles. The quantitative estimate of drug-likeness (QED) is 0.175. The van der Waals surface area contributed by atoms with Crippen LogP contribution < -0.4 is 21.1 Å². The third kappa shape index (κ3) is 5.69. The molecule has 66 heavy (non-hydrogen) atoms. The first-order valence-electron chi connectivity index (χ1n) is 22.8. The van der Waals surface area contributed by atoms with Crippen molar-refractivity contribution in [1.82, 2.24) is 0 Å². The Hall–Kier alpha value is -7.60. The third-order valence-electron chi connectivity index (χ3n) is 14.0. The van der Waals surface area contributed by atoms with Gasteiger partial charge >= 0.3 is 0 Å². The molecule has 0 unspecified atom stereocenters. The molecule has 5 heteroatoms. The van der Waals surface area contributed by atoms with E-state index in [1.807, 2.05) is 11.3 Å². The maximum Gasteiger partial charge on any atom is 0.200 e. The number of anilines is 5. The van der Waals surface area contributed by atoms with Crippen LogP contribution in [-0.4, -0.2) is 7.28 Å². The smallest absolute Gasteiger partial charge is 0.200 e. The van der Waals surface area contributed by atoms with Crippen molar-refractivity contribution in [3.05, 3.63) is 234 Å². The minimum Gasteiger partial charge on any atom is -0.455 e. The summed E-state index contributed by atoms with van der Waals surface area (Å²) in [5.74, 6) is 0. The molecule has 1 N–H and O–H groups in total. The first-order chi connectivity index (χ1) is 32.4. The molecular weight excluding hydrogens is 820 g/mol. The summed E-state index contributed by atoms with van der Waals surface area (Å²) in [7, 11) is 2.45. The molecule has 9 aromatic carbocycles. The van der Waals surface area contributed by atoms with Gasteiger partial charge in [0.25, 0.3) is 0 Å². The fraction of sp³-hybridized carbons (Fsp3) is 0.0820. The molecular formula is C61H44BN2OS. The summed E-state index contributed by atoms with van der Waals surface area (Å²) in [6.45, 7) is 6.91. The van der Waals surface area contributed by atoms with Crippen LogP contribution in [-0.2, 0) is 10.8 Å². The molecule has 2 aromatic heterocycles. The van der Waals surface area contributed by atoms with Crippen molar-refractivity contribution in [1.29, 1.82) is 0 Å². The van der Waals surface area contributed by atoms with Gasteiger partial charge in [-0.1, -0.05) is 191 Å². The molecule has 313 valence electrons. The highest BCUT2D eigenvalue weighted by Crippen LogP contribution is 2.57. The number of nitrogens with one attached hydrogen (secondary N) is 1. The summed E-state index contributed by atoms with van der Waals surface area (Å²) in [4.78, 5) is 2.56. The van der Waals surface area contributed by atoms with Gasteiger partial charge in [-0.25, -0.2) is 0 Å². The van der Waals surface area contributed by atoms with Gasteiger partial charge in [0.15, 0.2) is 7.28 Å². The molecule has 2 aliphatic heterocycles. The summed E-state index contributed by atoms with van der Waals surface area (Å²) >= 11 is 1.86. The van der Waals surface area contributed by atoms with Gasteiger partial charge in [-0.05, 0) is 91.5 Å². The average Bonchev–Trinajstić information content (AvgIpc) is 3.92. The highest BCUT2D eigenvalue weighted by atomic mass is 32.1. The zero-order chi connectivity index (χ0) is 44.1. The summed E-state index contributed by atoms with van der Waals surface area (Å²) < 4.78 is 8.42. The minimum atomic E-state index is -0.622. The van der Waals surface area contributed by atoms with Crippen LogP contribution in [0.5, 0.6) is 0 Å². The normalized spacial score (nSPS) is 13.7. The van der Waals surface area contributed by atoms with Crippen molar-refractivity contribution < 1.29 is 4.42 Å². The predicted octanol–water partition coefficient (Wildman–Crippen LogP) is 15.3. The number of benzene rings is 9. The molecule has 3 nitrogen and oxygen atoms in total. The summed E-state index contributed by atoms with van der Waals surface area (Å²) in [6, 6.07) is 75.6. The van der Waals surface area contributed by atoms with E-state index < -0.39 is 5.41 Å². The molecule has 0 aliphatic carbocycles. The first kappa shape index (κ1) is 38.8. The van der Waals surface area contributed by atoms with Gasteiger partial charge in [-0.2, -0.15) is 0 Å². The maximum atomic E-state index is 7.17. The molecule has 11 aromatic rings. The number of para-hydroxylation sites is 3. The van der Waals surface area contributed by atoms with Gasteiger partial charge in [0.2, 0.25) is 0 Å². The molecule has 0 saturated heterocycles. The number of hydrogen-bond donors (Lipinski definition) is 1. The van der Waals surface area contributed by atoms with Gasteiger partial charge in [0.05, 0.1) is 21.8 Å². The van der Waals surface area contributed by atoms with Crippen molar-refractivity contribution in [2.75, 3.05) is 10.2 Å². The second kappa shape index (κ2) is 14.7. The van der Waals surface area contributed by atoms with E-state index in [-0.39, 0.29) is 5.41 Å². The molecule has 0 spiro atoms. The zero-order valence-corrected chi connectivity index (χ0v) is 37.8. The van der Waals surface area contributed by atoms with Crippen molar-refractivity contribution in [3.63, 3.8) is 0 Å². The maximum absolute atomic E-state index is 7.17. The number of hydrogen-bond acceptors (Lipinski definition) is 4. The van der Waals surface area contributed by atoms with E-state index >= 15 is 0 Å². The fourth-order valence-electron chi connectivity index (χ4n) is 10.9. The molecule has 2 aliphatic rings. The Labute approximate surface area is 389 Å². The summed E-state index contributed by atoms with van der Waals surface area (Å²) in [5, 5.41) is 8.70. The van der Waals surface area contributed by atoms with Crippen LogP contribution in [0.3, 0.4) is 0 Å². The molecule has 4 heterocycles. The topological polar surface area (TPSA) is 28.4 Å². The van der Waals surface area contributed by atoms with Crippen molar-refractivity contribution in [2.45, 2.75) is 31.6 Å². The summed E-state index contributed by atoms with van der Waals surface area (Å²) in [6.07, 6.45) is 0. The van der Waals surface area contributed by atoms with Crippen LogP contribution in [0, 0.1) is 0 Å². The SMILES string of the molecule is CC(C)(C)c1ccc(N2c3cc4c(oc5ccccc54)c(-c4cccc5c4Nc4ccccc4C5(c4ccccc4)c4ccccc4)c3[B]c3c2sc2ccccc32)c(-c2ccccc2)c1. The number of thiophene rings is 1. The van der Waals surface area contributed by atoms with Crippen LogP contribution in [0.1, 0.15) is 48.6 Å². The van der Waals surface area contributed by atoms with E-state index in [0.29, 0.717) is 0 Å². The average molecular weight is 864 g/mol. The molecule has 1 radical (unpaired) electrons. The fourth-order valence-corrected chi connectivity index (χ4v) is 12.1. The highest BCUT2D eigenvalue weighted by molar-refractivity contribution is 7.25. The monoisotopic (exact) mass is 863 g/mol. The number of furan rings is 1. The van der Waals surface area contributed by atoms with Crippen molar-refractivity contribution in [3.8, 4) is 22.3 Å². The second-order valence-corrected chi connectivity index (χ2v) is 19.7. The van der Waals surface area contributed by atoms with Crippen LogP contribution in [0.2, 0.25) is 0 Å². The second-order valence-electron chi connectivity index (χ2n) is 18.7. The van der Waals surface area contributed by atoms with Crippen LogP contribution in [0.15, 0.2) is 211 Å². The van der Waals surface area contributed by atoms with Gasteiger partial charge in [0.1, 0.15) is 11.2 Å². The highest BCUT2D eigenvalue weighted by Gasteiger charge is 2.45. The van der Waals surface area contributed by atoms with E-state index in [0.717, 1.165) is 61.3 Å². The Balaban J connectivity index is 1.17. The van der Waals surface area contributed by atoms with Gasteiger partial charge in [-0.15, -0.1) is 11.3 Å². The molecule has 0 fully saturated rings. The van der Waals surface area contributed by atoms with Crippen LogP contribution >= 0.6 is 11.3 Å². The van der Waals surface area contributed by atoms with E-state index in [2.05, 4.69) is 245 Å². The number of rotatable bonds is 5. The lowest BCUT2D eigenvalue weighted by atomic mass is 9.58. The van der Waals surface area contributed by atoms with Gasteiger partial charge in [0, 0.05) is 43.5 Å². The van der Waals surface area contributed by atoms with Crippen LogP contribution in [0.4, 0.5) is 27.8 Å². The Bertz CT molecular complexity index is 3660. The largest absolute Gasteiger partial charge is 0.455 e. The molecule has 0 amide bonds. The van der Waals surface area contributed by atoms with Crippen molar-refractivity contribution >= 4 is 89.3 Å². The Morgan fingerprint density at radius 2 is 1.20 bits per heavy atom. The Kier molecular flexibility index (Phi) is 8.66. The standard InChI is InChI=1S/C61H44BN2OS/c1-60(2,3)41-34-35-50(45(36-41)38-20-7-4-8-21-38)64-51-37-46-42-26-13-17-32-52(42)65-58(46)54(56(51)62-55-43-27-14-18-33-53(43)66-59(55)64)44-28-19-30-48-57(44)63-49-31-16-15-29-47(49)61(48,39-22-9-5-10-23-39)40-24-11-6-12-25-40/h4-37,63H,1-3H3. The molecule has 13 rings (SSSR count). The number of fused-ring (bicyclic) bond motifs is 9. The molecule has 0 bridgehead atoms. The Morgan fingerprint density at radius 3 is 1.95 bits per heavy atom. The lowest BCUT2D eigenvalue weighted by Crippen LogP contribution is -2.40. The first-order valence-corrected chi connectivity index (χ1v) is 23.7. The summed E-state index contributed by atoms with van der Waals surface area (Å²) in [5.41, 5.74) is 18.5. The van der Waals surface area contributed by atoms with Gasteiger partial charge in [-0.3, -0.25) is 0 Å². The third-order valence-corrected chi connectivity index (χ3v) is 15.1. The van der Waals surface area contributed by atoms with Gasteiger partial charge < -0.3 is 14.6 Å². The lowest BCUT2D eigenvalue weighted by molar-refractivity contribution is 0.590. The predicted molar refractivity (Wildman–Crippen MR) is 280 cm³/mol. The zero-order valence-electron chi connectivity index (χ0n) is 37.0. The van der Waals surface area contributed by atoms with E-state index in [1.54, 1.807) is 0 Å².